The highest BCUT2D eigenvalue weighted by atomic mass is 32.1. The smallest absolute Gasteiger partial charge is 0.258 e. The van der Waals surface area contributed by atoms with E-state index in [1.54, 1.807) is 23.5 Å². The molecular formula is C28H26N4O2S. The van der Waals surface area contributed by atoms with Crippen LogP contribution in [-0.2, 0) is 0 Å². The van der Waals surface area contributed by atoms with E-state index in [9.17, 15) is 10.1 Å². The van der Waals surface area contributed by atoms with E-state index in [0.717, 1.165) is 38.8 Å². The summed E-state index contributed by atoms with van der Waals surface area (Å²) in [5.41, 5.74) is 9.71. The van der Waals surface area contributed by atoms with Crippen LogP contribution in [0.2, 0.25) is 0 Å². The highest BCUT2D eigenvalue weighted by Gasteiger charge is 2.33. The van der Waals surface area contributed by atoms with Crippen LogP contribution < -0.4 is 5.01 Å². The van der Waals surface area contributed by atoms with Gasteiger partial charge in [0.1, 0.15) is 0 Å². The number of hydrazone groups is 1. The molecule has 1 atom stereocenters. The van der Waals surface area contributed by atoms with Gasteiger partial charge in [-0.1, -0.05) is 47.5 Å². The molecule has 2 heterocycles. The molecule has 0 saturated carbocycles. The second kappa shape index (κ2) is 9.07. The average molecular weight is 483 g/mol. The maximum absolute atomic E-state index is 11.5. The van der Waals surface area contributed by atoms with E-state index in [4.69, 9.17) is 10.1 Å². The van der Waals surface area contributed by atoms with Gasteiger partial charge in [0.05, 0.1) is 22.4 Å². The molecule has 3 aromatic carbocycles. The van der Waals surface area contributed by atoms with Gasteiger partial charge in [0.15, 0.2) is 0 Å². The molecular weight excluding hydrogens is 456 g/mol. The Morgan fingerprint density at radius 3 is 2.34 bits per heavy atom. The zero-order chi connectivity index (χ0) is 24.7. The zero-order valence-electron chi connectivity index (χ0n) is 20.1. The molecule has 0 N–H and O–H groups in total. The summed E-state index contributed by atoms with van der Waals surface area (Å²) in [5, 5.41) is 21.3. The van der Waals surface area contributed by atoms with Gasteiger partial charge in [-0.15, -0.1) is 11.3 Å². The van der Waals surface area contributed by atoms with E-state index in [1.807, 2.05) is 11.1 Å². The molecule has 0 radical (unpaired) electrons. The van der Waals surface area contributed by atoms with Crippen molar-refractivity contribution in [2.24, 2.45) is 5.10 Å². The topological polar surface area (TPSA) is 71.6 Å². The predicted molar refractivity (Wildman–Crippen MR) is 142 cm³/mol. The van der Waals surface area contributed by atoms with Crippen molar-refractivity contribution in [2.75, 3.05) is 5.01 Å². The monoisotopic (exact) mass is 482 g/mol. The Balaban J connectivity index is 1.60. The fraction of sp³-hybridized carbons (Fsp3) is 0.214. The molecule has 1 aliphatic rings. The molecule has 1 unspecified atom stereocenters. The van der Waals surface area contributed by atoms with Crippen molar-refractivity contribution >= 4 is 27.9 Å². The van der Waals surface area contributed by atoms with E-state index in [0.29, 0.717) is 6.42 Å². The SMILES string of the molecule is Cc1ccc(C)c(C2=NN(c3nc(-c4cc(C)ccc4C)cs3)C(c3cccc([N+](=O)[O-])c3)C2)c1. The van der Waals surface area contributed by atoms with Crippen LogP contribution in [0.3, 0.4) is 0 Å². The number of anilines is 1. The van der Waals surface area contributed by atoms with Gasteiger partial charge < -0.3 is 0 Å². The second-order valence-corrected chi connectivity index (χ2v) is 9.95. The van der Waals surface area contributed by atoms with Gasteiger partial charge in [-0.25, -0.2) is 9.99 Å². The van der Waals surface area contributed by atoms with Crippen LogP contribution in [0, 0.1) is 37.8 Å². The fourth-order valence-electron chi connectivity index (χ4n) is 4.51. The lowest BCUT2D eigenvalue weighted by molar-refractivity contribution is -0.384. The van der Waals surface area contributed by atoms with E-state index in [2.05, 4.69) is 69.5 Å². The number of rotatable bonds is 5. The zero-order valence-corrected chi connectivity index (χ0v) is 21.0. The fourth-order valence-corrected chi connectivity index (χ4v) is 5.33. The van der Waals surface area contributed by atoms with Crippen molar-refractivity contribution in [3.05, 3.63) is 110 Å². The highest BCUT2D eigenvalue weighted by molar-refractivity contribution is 7.14. The molecule has 1 aliphatic heterocycles. The van der Waals surface area contributed by atoms with Crippen LogP contribution in [0.4, 0.5) is 10.8 Å². The van der Waals surface area contributed by atoms with Crippen molar-refractivity contribution in [2.45, 2.75) is 40.2 Å². The number of thiazole rings is 1. The Hall–Kier alpha value is -3.84. The number of hydrogen-bond donors (Lipinski definition) is 0. The summed E-state index contributed by atoms with van der Waals surface area (Å²) in [4.78, 5) is 16.1. The number of nitro groups is 1. The Morgan fingerprint density at radius 1 is 0.943 bits per heavy atom. The van der Waals surface area contributed by atoms with Crippen molar-refractivity contribution in [3.63, 3.8) is 0 Å². The first kappa shape index (κ1) is 22.9. The summed E-state index contributed by atoms with van der Waals surface area (Å²) in [6.45, 7) is 8.33. The molecule has 0 amide bonds. The van der Waals surface area contributed by atoms with Crippen LogP contribution >= 0.6 is 11.3 Å². The first-order valence-electron chi connectivity index (χ1n) is 11.5. The van der Waals surface area contributed by atoms with Crippen LogP contribution in [0.25, 0.3) is 11.3 Å². The molecule has 0 fully saturated rings. The number of non-ortho nitro benzene ring substituents is 1. The van der Waals surface area contributed by atoms with Gasteiger partial charge >= 0.3 is 0 Å². The molecule has 0 saturated heterocycles. The molecule has 5 rings (SSSR count). The molecule has 0 spiro atoms. The minimum Gasteiger partial charge on any atom is -0.258 e. The molecule has 6 nitrogen and oxygen atoms in total. The quantitative estimate of drug-likeness (QED) is 0.221. The first-order chi connectivity index (χ1) is 16.8. The standard InChI is InChI=1S/C28H26N4O2S/c1-17-8-10-19(3)23(12-17)25-15-27(21-6-5-7-22(14-21)32(33)34)31(30-25)28-29-26(16-35-28)24-13-18(2)9-11-20(24)4/h5-14,16,27H,15H2,1-4H3. The first-order valence-corrected chi connectivity index (χ1v) is 12.4. The van der Waals surface area contributed by atoms with Gasteiger partial charge in [0, 0.05) is 35.1 Å². The largest absolute Gasteiger partial charge is 0.269 e. The lowest BCUT2D eigenvalue weighted by atomic mass is 9.95. The second-order valence-electron chi connectivity index (χ2n) is 9.12. The van der Waals surface area contributed by atoms with Gasteiger partial charge in [-0.05, 0) is 56.5 Å². The Morgan fingerprint density at radius 2 is 1.63 bits per heavy atom. The normalized spacial score (nSPS) is 15.4. The minimum atomic E-state index is -0.350. The van der Waals surface area contributed by atoms with E-state index in [1.165, 1.54) is 22.8 Å². The summed E-state index contributed by atoms with van der Waals surface area (Å²) in [5.74, 6) is 0. The summed E-state index contributed by atoms with van der Waals surface area (Å²) >= 11 is 1.54. The number of nitro benzene ring substituents is 1. The average Bonchev–Trinajstić information content (AvgIpc) is 3.50. The number of aryl methyl sites for hydroxylation is 4. The third-order valence-corrected chi connectivity index (χ3v) is 7.27. The summed E-state index contributed by atoms with van der Waals surface area (Å²) in [7, 11) is 0. The van der Waals surface area contributed by atoms with Gasteiger partial charge in [-0.3, -0.25) is 10.1 Å². The molecule has 0 bridgehead atoms. The highest BCUT2D eigenvalue weighted by Crippen LogP contribution is 2.41. The lowest BCUT2D eigenvalue weighted by Gasteiger charge is -2.21. The molecule has 7 heteroatoms. The predicted octanol–water partition coefficient (Wildman–Crippen LogP) is 7.31. The van der Waals surface area contributed by atoms with Crippen LogP contribution in [0.1, 0.15) is 45.8 Å². The van der Waals surface area contributed by atoms with E-state index >= 15 is 0 Å². The van der Waals surface area contributed by atoms with Gasteiger partial charge in [0.25, 0.3) is 5.69 Å². The van der Waals surface area contributed by atoms with Crippen LogP contribution in [0.15, 0.2) is 71.1 Å². The Labute approximate surface area is 208 Å². The molecule has 0 aliphatic carbocycles. The van der Waals surface area contributed by atoms with Crippen molar-refractivity contribution < 1.29 is 4.92 Å². The van der Waals surface area contributed by atoms with E-state index < -0.39 is 0 Å². The lowest BCUT2D eigenvalue weighted by Crippen LogP contribution is -2.18. The van der Waals surface area contributed by atoms with Crippen LogP contribution in [0.5, 0.6) is 0 Å². The third-order valence-electron chi connectivity index (χ3n) is 6.44. The molecule has 35 heavy (non-hydrogen) atoms. The Bertz CT molecular complexity index is 1470. The van der Waals surface area contributed by atoms with Crippen molar-refractivity contribution in [1.29, 1.82) is 0 Å². The van der Waals surface area contributed by atoms with Crippen LogP contribution in [-0.4, -0.2) is 15.6 Å². The number of hydrogen-bond acceptors (Lipinski definition) is 6. The molecule has 1 aromatic heterocycles. The summed E-state index contributed by atoms with van der Waals surface area (Å²) in [6, 6.07) is 19.4. The van der Waals surface area contributed by atoms with Gasteiger partial charge in [-0.2, -0.15) is 5.10 Å². The summed E-state index contributed by atoms with van der Waals surface area (Å²) in [6.07, 6.45) is 0.643. The van der Waals surface area contributed by atoms with E-state index in [-0.39, 0.29) is 16.7 Å². The number of nitrogens with zero attached hydrogens (tertiary/aromatic N) is 4. The maximum Gasteiger partial charge on any atom is 0.269 e. The Kier molecular flexibility index (Phi) is 5.94. The number of benzene rings is 3. The summed E-state index contributed by atoms with van der Waals surface area (Å²) < 4.78 is 0. The number of aromatic nitrogens is 1. The minimum absolute atomic E-state index is 0.0813. The molecule has 176 valence electrons. The van der Waals surface area contributed by atoms with Crippen molar-refractivity contribution in [1.82, 2.24) is 4.98 Å². The third kappa shape index (κ3) is 4.47. The maximum atomic E-state index is 11.5. The van der Waals surface area contributed by atoms with Gasteiger partial charge in [0.2, 0.25) is 5.13 Å². The molecule has 4 aromatic rings. The van der Waals surface area contributed by atoms with Crippen molar-refractivity contribution in [3.8, 4) is 11.3 Å².